The summed E-state index contributed by atoms with van der Waals surface area (Å²) in [5, 5.41) is 9.67. The van der Waals surface area contributed by atoms with E-state index in [1.807, 2.05) is 31.2 Å². The molecule has 1 saturated heterocycles. The van der Waals surface area contributed by atoms with E-state index in [4.69, 9.17) is 9.88 Å². The zero-order valence-corrected chi connectivity index (χ0v) is 18.0. The van der Waals surface area contributed by atoms with Crippen LogP contribution in [0.2, 0.25) is 0 Å². The largest absolute Gasteiger partial charge is 0.379 e. The zero-order valence-electron chi connectivity index (χ0n) is 17.2. The van der Waals surface area contributed by atoms with Crippen LogP contribution >= 0.6 is 0 Å². The molecular weight excluding hydrogens is 421 g/mol. The summed E-state index contributed by atoms with van der Waals surface area (Å²) >= 11 is 0. The third-order valence-electron chi connectivity index (χ3n) is 5.11. The molecule has 3 aromatic rings. The van der Waals surface area contributed by atoms with Crippen molar-refractivity contribution in [1.82, 2.24) is 19.7 Å². The van der Waals surface area contributed by atoms with Crippen molar-refractivity contribution in [2.24, 2.45) is 5.14 Å². The highest BCUT2D eigenvalue weighted by atomic mass is 32.2. The van der Waals surface area contributed by atoms with Crippen molar-refractivity contribution < 1.29 is 17.5 Å². The van der Waals surface area contributed by atoms with E-state index in [9.17, 15) is 12.8 Å². The lowest BCUT2D eigenvalue weighted by Crippen LogP contribution is -2.36. The molecule has 0 aliphatic carbocycles. The molecule has 0 saturated carbocycles. The van der Waals surface area contributed by atoms with Gasteiger partial charge in [-0.05, 0) is 30.7 Å². The van der Waals surface area contributed by atoms with E-state index in [-0.39, 0.29) is 10.6 Å². The van der Waals surface area contributed by atoms with Gasteiger partial charge in [-0.3, -0.25) is 4.90 Å². The van der Waals surface area contributed by atoms with Gasteiger partial charge in [-0.15, -0.1) is 5.10 Å². The molecule has 0 radical (unpaired) electrons. The van der Waals surface area contributed by atoms with Crippen LogP contribution in [0.1, 0.15) is 22.8 Å². The molecule has 1 aliphatic rings. The summed E-state index contributed by atoms with van der Waals surface area (Å²) in [6, 6.07) is 11.5. The smallest absolute Gasteiger partial charge is 0.238 e. The molecule has 2 heterocycles. The van der Waals surface area contributed by atoms with Crippen LogP contribution in [0, 0.1) is 12.7 Å². The van der Waals surface area contributed by atoms with Gasteiger partial charge in [0.2, 0.25) is 10.0 Å². The van der Waals surface area contributed by atoms with Crippen molar-refractivity contribution >= 4 is 10.0 Å². The summed E-state index contributed by atoms with van der Waals surface area (Å²) in [5.74, 6) is 0.399. The number of morpholine rings is 1. The number of aromatic nitrogens is 3. The third kappa shape index (κ3) is 5.16. The molecule has 164 valence electrons. The van der Waals surface area contributed by atoms with Crippen molar-refractivity contribution in [2.45, 2.75) is 24.8 Å². The van der Waals surface area contributed by atoms with Crippen LogP contribution in [-0.2, 0) is 27.7 Å². The van der Waals surface area contributed by atoms with E-state index < -0.39 is 15.8 Å². The molecule has 1 aliphatic heterocycles. The van der Waals surface area contributed by atoms with E-state index in [0.29, 0.717) is 37.8 Å². The first-order chi connectivity index (χ1) is 14.8. The quantitative estimate of drug-likeness (QED) is 0.620. The molecule has 4 rings (SSSR count). The van der Waals surface area contributed by atoms with Crippen molar-refractivity contribution in [3.63, 3.8) is 0 Å². The first-order valence-corrected chi connectivity index (χ1v) is 11.5. The maximum absolute atomic E-state index is 14.9. The molecule has 0 unspecified atom stereocenters. The van der Waals surface area contributed by atoms with Gasteiger partial charge in [0.1, 0.15) is 17.3 Å². The van der Waals surface area contributed by atoms with Gasteiger partial charge in [0, 0.05) is 19.5 Å². The number of nitrogens with two attached hydrogens (primary N) is 1. The molecule has 0 bridgehead atoms. The van der Waals surface area contributed by atoms with Gasteiger partial charge in [0.25, 0.3) is 0 Å². The highest BCUT2D eigenvalue weighted by Gasteiger charge is 2.20. The number of benzene rings is 2. The van der Waals surface area contributed by atoms with Gasteiger partial charge in [0.05, 0.1) is 24.7 Å². The Hall–Kier alpha value is -2.66. The van der Waals surface area contributed by atoms with Gasteiger partial charge in [-0.1, -0.05) is 29.8 Å². The zero-order chi connectivity index (χ0) is 22.0. The Morgan fingerprint density at radius 3 is 2.61 bits per heavy atom. The van der Waals surface area contributed by atoms with Crippen LogP contribution in [0.5, 0.6) is 0 Å². The number of hydrogen-bond donors (Lipinski definition) is 1. The molecule has 1 fully saturated rings. The average molecular weight is 446 g/mol. The number of primary sulfonamides is 1. The maximum atomic E-state index is 14.9. The van der Waals surface area contributed by atoms with Crippen molar-refractivity contribution in [3.05, 3.63) is 71.1 Å². The van der Waals surface area contributed by atoms with Gasteiger partial charge < -0.3 is 4.74 Å². The van der Waals surface area contributed by atoms with E-state index in [0.717, 1.165) is 30.3 Å². The second kappa shape index (κ2) is 8.83. The number of hydrogen-bond acceptors (Lipinski definition) is 6. The SMILES string of the molecule is Cc1cccc(Cc2nc(CN3CCOCC3)nn2-c2ccc(S(N)(=O)=O)cc2F)c1. The highest BCUT2D eigenvalue weighted by Crippen LogP contribution is 2.21. The molecule has 0 atom stereocenters. The molecule has 10 heteroatoms. The normalized spacial score (nSPS) is 15.3. The van der Waals surface area contributed by atoms with Crippen LogP contribution in [0.4, 0.5) is 4.39 Å². The molecular formula is C21H24FN5O3S. The minimum Gasteiger partial charge on any atom is -0.379 e. The van der Waals surface area contributed by atoms with Gasteiger partial charge in [-0.25, -0.2) is 27.6 Å². The Kier molecular flexibility index (Phi) is 6.15. The summed E-state index contributed by atoms with van der Waals surface area (Å²) in [6.07, 6.45) is 0.453. The summed E-state index contributed by atoms with van der Waals surface area (Å²) < 4.78 is 44.8. The number of halogens is 1. The molecule has 0 amide bonds. The third-order valence-corrected chi connectivity index (χ3v) is 6.02. The molecule has 2 N–H and O–H groups in total. The number of ether oxygens (including phenoxy) is 1. The van der Waals surface area contributed by atoms with Gasteiger partial charge in [-0.2, -0.15) is 0 Å². The second-order valence-electron chi connectivity index (χ2n) is 7.57. The summed E-state index contributed by atoms with van der Waals surface area (Å²) in [6.45, 7) is 5.39. The van der Waals surface area contributed by atoms with Gasteiger partial charge >= 0.3 is 0 Å². The molecule has 0 spiro atoms. The predicted octanol–water partition coefficient (Wildman–Crippen LogP) is 1.79. The first-order valence-electron chi connectivity index (χ1n) is 9.93. The first kappa shape index (κ1) is 21.6. The summed E-state index contributed by atoms with van der Waals surface area (Å²) in [7, 11) is -4.01. The standard InChI is InChI=1S/C21H24FN5O3S/c1-15-3-2-4-16(11-15)12-21-24-20(14-26-7-9-30-10-8-26)25-27(21)19-6-5-17(13-18(19)22)31(23,28)29/h2-6,11,13H,7-10,12,14H2,1H3,(H2,23,28,29). The molecule has 1 aromatic heterocycles. The maximum Gasteiger partial charge on any atom is 0.238 e. The summed E-state index contributed by atoms with van der Waals surface area (Å²) in [5.41, 5.74) is 2.25. The minimum atomic E-state index is -4.01. The number of rotatable bonds is 6. The van der Waals surface area contributed by atoms with Crippen LogP contribution in [0.3, 0.4) is 0 Å². The Morgan fingerprint density at radius 1 is 1.16 bits per heavy atom. The highest BCUT2D eigenvalue weighted by molar-refractivity contribution is 7.89. The lowest BCUT2D eigenvalue weighted by atomic mass is 10.1. The fourth-order valence-electron chi connectivity index (χ4n) is 3.57. The fourth-order valence-corrected chi connectivity index (χ4v) is 4.09. The van der Waals surface area contributed by atoms with Crippen LogP contribution < -0.4 is 5.14 Å². The minimum absolute atomic E-state index is 0.121. The van der Waals surface area contributed by atoms with Crippen molar-refractivity contribution in [1.29, 1.82) is 0 Å². The van der Waals surface area contributed by atoms with Crippen molar-refractivity contribution in [2.75, 3.05) is 26.3 Å². The van der Waals surface area contributed by atoms with E-state index in [1.54, 1.807) is 0 Å². The van der Waals surface area contributed by atoms with Gasteiger partial charge in [0.15, 0.2) is 5.82 Å². The molecule has 2 aromatic carbocycles. The van der Waals surface area contributed by atoms with E-state index in [1.165, 1.54) is 16.8 Å². The predicted molar refractivity (Wildman–Crippen MR) is 113 cm³/mol. The lowest BCUT2D eigenvalue weighted by Gasteiger charge is -2.25. The topological polar surface area (TPSA) is 103 Å². The Labute approximate surface area is 180 Å². The monoisotopic (exact) mass is 445 g/mol. The number of nitrogens with zero attached hydrogens (tertiary/aromatic N) is 4. The molecule has 8 nitrogen and oxygen atoms in total. The Balaban J connectivity index is 1.72. The number of sulfonamides is 1. The van der Waals surface area contributed by atoms with Crippen LogP contribution in [0.25, 0.3) is 5.69 Å². The Morgan fingerprint density at radius 2 is 1.94 bits per heavy atom. The number of aryl methyl sites for hydroxylation is 1. The van der Waals surface area contributed by atoms with Crippen LogP contribution in [-0.4, -0.2) is 54.4 Å². The lowest BCUT2D eigenvalue weighted by molar-refractivity contribution is 0.0330. The molecule has 31 heavy (non-hydrogen) atoms. The fraction of sp³-hybridized carbons (Fsp3) is 0.333. The average Bonchev–Trinajstić information content (AvgIpc) is 3.09. The second-order valence-corrected chi connectivity index (χ2v) is 9.13. The summed E-state index contributed by atoms with van der Waals surface area (Å²) in [4.78, 5) is 6.57. The Bertz CT molecular complexity index is 1190. The van der Waals surface area contributed by atoms with Crippen LogP contribution in [0.15, 0.2) is 47.4 Å². The van der Waals surface area contributed by atoms with E-state index >= 15 is 0 Å². The van der Waals surface area contributed by atoms with Crippen molar-refractivity contribution in [3.8, 4) is 5.69 Å². The van der Waals surface area contributed by atoms with E-state index in [2.05, 4.69) is 15.0 Å².